The predicted molar refractivity (Wildman–Crippen MR) is 104 cm³/mol. The molecule has 8 heteroatoms. The van der Waals surface area contributed by atoms with Gasteiger partial charge in [0.1, 0.15) is 5.69 Å². The summed E-state index contributed by atoms with van der Waals surface area (Å²) in [4.78, 5) is 26.8. The summed E-state index contributed by atoms with van der Waals surface area (Å²) in [5.41, 5.74) is 0.205. The number of aromatic nitrogens is 2. The van der Waals surface area contributed by atoms with Crippen molar-refractivity contribution in [3.63, 3.8) is 0 Å². The van der Waals surface area contributed by atoms with Gasteiger partial charge in [-0.2, -0.15) is 5.10 Å². The predicted octanol–water partition coefficient (Wildman–Crippen LogP) is 2.08. The SMILES string of the molecule is O=C(NC1COC2(CCN(C(=O)CCC3CCC3)C2)C1)c1[nH]ncc1I. The Labute approximate surface area is 166 Å². The summed E-state index contributed by atoms with van der Waals surface area (Å²) in [6, 6.07) is -0.0216. The maximum absolute atomic E-state index is 12.5. The van der Waals surface area contributed by atoms with E-state index in [0.717, 1.165) is 35.3 Å². The number of amides is 2. The van der Waals surface area contributed by atoms with Crippen LogP contribution in [0.25, 0.3) is 0 Å². The average molecular weight is 472 g/mol. The lowest BCUT2D eigenvalue weighted by Crippen LogP contribution is -2.39. The van der Waals surface area contributed by atoms with Crippen molar-refractivity contribution < 1.29 is 14.3 Å². The van der Waals surface area contributed by atoms with E-state index in [1.165, 1.54) is 19.3 Å². The molecule has 1 aromatic rings. The highest BCUT2D eigenvalue weighted by molar-refractivity contribution is 14.1. The Balaban J connectivity index is 1.27. The second-order valence-electron chi connectivity index (χ2n) is 7.86. The molecule has 0 radical (unpaired) electrons. The number of likely N-dealkylation sites (tertiary alicyclic amines) is 1. The van der Waals surface area contributed by atoms with Crippen molar-refractivity contribution >= 4 is 34.4 Å². The van der Waals surface area contributed by atoms with Crippen LogP contribution in [-0.4, -0.2) is 58.3 Å². The van der Waals surface area contributed by atoms with Crippen molar-refractivity contribution in [1.29, 1.82) is 0 Å². The molecule has 2 saturated heterocycles. The Morgan fingerprint density at radius 1 is 1.46 bits per heavy atom. The van der Waals surface area contributed by atoms with Crippen molar-refractivity contribution in [2.75, 3.05) is 19.7 Å². The summed E-state index contributed by atoms with van der Waals surface area (Å²) < 4.78 is 6.87. The van der Waals surface area contributed by atoms with E-state index >= 15 is 0 Å². The lowest BCUT2D eigenvalue weighted by molar-refractivity contribution is -0.131. The minimum absolute atomic E-state index is 0.0216. The number of nitrogens with one attached hydrogen (secondary N) is 2. The van der Waals surface area contributed by atoms with Crippen LogP contribution in [0.5, 0.6) is 0 Å². The lowest BCUT2D eigenvalue weighted by Gasteiger charge is -2.27. The third kappa shape index (κ3) is 3.76. The summed E-state index contributed by atoms with van der Waals surface area (Å²) in [7, 11) is 0. The summed E-state index contributed by atoms with van der Waals surface area (Å²) in [5, 5.41) is 9.65. The quantitative estimate of drug-likeness (QED) is 0.643. The molecular weight excluding hydrogens is 447 g/mol. The van der Waals surface area contributed by atoms with Gasteiger partial charge < -0.3 is 15.0 Å². The molecule has 3 fully saturated rings. The van der Waals surface area contributed by atoms with Crippen LogP contribution in [0.15, 0.2) is 6.20 Å². The zero-order valence-corrected chi connectivity index (χ0v) is 17.0. The highest BCUT2D eigenvalue weighted by atomic mass is 127. The fourth-order valence-electron chi connectivity index (χ4n) is 4.23. The number of halogens is 1. The number of rotatable bonds is 5. The Bertz CT molecular complexity index is 690. The number of carbonyl (C=O) groups excluding carboxylic acids is 2. The highest BCUT2D eigenvalue weighted by Crippen LogP contribution is 2.36. The minimum atomic E-state index is -0.286. The van der Waals surface area contributed by atoms with E-state index in [1.54, 1.807) is 6.20 Å². The highest BCUT2D eigenvalue weighted by Gasteiger charge is 2.47. The number of hydrogen-bond donors (Lipinski definition) is 2. The van der Waals surface area contributed by atoms with Crippen LogP contribution in [-0.2, 0) is 9.53 Å². The maximum Gasteiger partial charge on any atom is 0.270 e. The van der Waals surface area contributed by atoms with Crippen LogP contribution in [0.4, 0.5) is 0 Å². The van der Waals surface area contributed by atoms with E-state index in [2.05, 4.69) is 38.1 Å². The van der Waals surface area contributed by atoms with Gasteiger partial charge in [-0.25, -0.2) is 0 Å². The summed E-state index contributed by atoms with van der Waals surface area (Å²) in [5.74, 6) is 0.879. The molecule has 1 aliphatic carbocycles. The smallest absolute Gasteiger partial charge is 0.270 e. The first-order valence-electron chi connectivity index (χ1n) is 9.46. The standard InChI is InChI=1S/C18H25IN4O3/c19-14-9-20-22-16(14)17(25)21-13-8-18(26-10-13)6-7-23(11-18)15(24)5-4-12-2-1-3-12/h9,12-13H,1-8,10-11H2,(H,20,22)(H,21,25). The number of carbonyl (C=O) groups is 2. The van der Waals surface area contributed by atoms with Gasteiger partial charge in [0.25, 0.3) is 5.91 Å². The largest absolute Gasteiger partial charge is 0.371 e. The first kappa shape index (κ1) is 18.2. The van der Waals surface area contributed by atoms with Crippen LogP contribution in [0.3, 0.4) is 0 Å². The van der Waals surface area contributed by atoms with E-state index in [0.29, 0.717) is 25.3 Å². The average Bonchev–Trinajstić information content (AvgIpc) is 3.27. The first-order valence-corrected chi connectivity index (χ1v) is 10.5. The van der Waals surface area contributed by atoms with Crippen molar-refractivity contribution in [2.45, 2.75) is 56.6 Å². The molecule has 0 bridgehead atoms. The van der Waals surface area contributed by atoms with Crippen LogP contribution >= 0.6 is 22.6 Å². The van der Waals surface area contributed by atoms with Crippen molar-refractivity contribution in [3.8, 4) is 0 Å². The molecule has 2 amide bonds. The summed E-state index contributed by atoms with van der Waals surface area (Å²) >= 11 is 2.09. The van der Waals surface area contributed by atoms with E-state index < -0.39 is 0 Å². The molecule has 2 atom stereocenters. The molecule has 1 spiro atoms. The molecule has 2 N–H and O–H groups in total. The number of aromatic amines is 1. The number of ether oxygens (including phenoxy) is 1. The molecule has 4 rings (SSSR count). The Hall–Kier alpha value is -1.16. The molecule has 3 aliphatic rings. The third-order valence-electron chi connectivity index (χ3n) is 6.02. The van der Waals surface area contributed by atoms with Crippen LogP contribution < -0.4 is 5.32 Å². The van der Waals surface area contributed by atoms with Gasteiger partial charge in [-0.05, 0) is 41.4 Å². The van der Waals surface area contributed by atoms with E-state index in [4.69, 9.17) is 4.74 Å². The molecule has 0 aromatic carbocycles. The molecule has 3 heterocycles. The Morgan fingerprint density at radius 3 is 3.00 bits per heavy atom. The van der Waals surface area contributed by atoms with Crippen molar-refractivity contribution in [1.82, 2.24) is 20.4 Å². The van der Waals surface area contributed by atoms with E-state index in [1.807, 2.05) is 4.90 Å². The fourth-order valence-corrected chi connectivity index (χ4v) is 4.74. The van der Waals surface area contributed by atoms with Crippen LogP contribution in [0, 0.1) is 9.49 Å². The minimum Gasteiger partial charge on any atom is -0.371 e. The van der Waals surface area contributed by atoms with Crippen molar-refractivity contribution in [2.24, 2.45) is 5.92 Å². The van der Waals surface area contributed by atoms with Gasteiger partial charge in [-0.1, -0.05) is 19.3 Å². The second kappa shape index (κ2) is 7.46. The molecule has 1 saturated carbocycles. The molecule has 2 unspecified atom stereocenters. The van der Waals surface area contributed by atoms with E-state index in [9.17, 15) is 9.59 Å². The zero-order chi connectivity index (χ0) is 18.1. The normalized spacial score (nSPS) is 28.5. The molecule has 142 valence electrons. The second-order valence-corrected chi connectivity index (χ2v) is 9.02. The molecule has 7 nitrogen and oxygen atoms in total. The fraction of sp³-hybridized carbons (Fsp3) is 0.722. The van der Waals surface area contributed by atoms with Gasteiger partial charge in [0, 0.05) is 25.9 Å². The first-order chi connectivity index (χ1) is 12.5. The number of H-pyrrole nitrogens is 1. The van der Waals surface area contributed by atoms with E-state index in [-0.39, 0.29) is 23.5 Å². The summed E-state index contributed by atoms with van der Waals surface area (Å²) in [6.45, 7) is 1.92. The van der Waals surface area contributed by atoms with Crippen LogP contribution in [0.1, 0.15) is 55.4 Å². The molecular formula is C18H25IN4O3. The van der Waals surface area contributed by atoms with Gasteiger partial charge in [0.2, 0.25) is 5.91 Å². The summed E-state index contributed by atoms with van der Waals surface area (Å²) in [6.07, 6.45) is 8.85. The van der Waals surface area contributed by atoms with Gasteiger partial charge in [-0.3, -0.25) is 14.7 Å². The monoisotopic (exact) mass is 472 g/mol. The Morgan fingerprint density at radius 2 is 2.31 bits per heavy atom. The van der Waals surface area contributed by atoms with Gasteiger partial charge in [0.05, 0.1) is 28.0 Å². The Kier molecular flexibility index (Phi) is 5.22. The van der Waals surface area contributed by atoms with Crippen LogP contribution in [0.2, 0.25) is 0 Å². The molecule has 2 aliphatic heterocycles. The number of nitrogens with zero attached hydrogens (tertiary/aromatic N) is 2. The zero-order valence-electron chi connectivity index (χ0n) is 14.8. The van der Waals surface area contributed by atoms with Crippen molar-refractivity contribution in [3.05, 3.63) is 15.5 Å². The van der Waals surface area contributed by atoms with Gasteiger partial charge >= 0.3 is 0 Å². The van der Waals surface area contributed by atoms with Gasteiger partial charge in [0.15, 0.2) is 0 Å². The topological polar surface area (TPSA) is 87.3 Å². The molecule has 1 aromatic heterocycles. The third-order valence-corrected chi connectivity index (χ3v) is 6.84. The van der Waals surface area contributed by atoms with Gasteiger partial charge in [-0.15, -0.1) is 0 Å². The molecule has 26 heavy (non-hydrogen) atoms. The maximum atomic E-state index is 12.5. The lowest BCUT2D eigenvalue weighted by atomic mass is 9.82. The number of hydrogen-bond acceptors (Lipinski definition) is 4.